The number of likely N-dealkylation sites (N-methyl/N-ethyl adjacent to an activating group) is 1. The molecule has 5 N–H and O–H groups in total. The Morgan fingerprint density at radius 1 is 0.863 bits per heavy atom. The molecule has 12 nitrogen and oxygen atoms in total. The van der Waals surface area contributed by atoms with Crippen LogP contribution in [0.15, 0.2) is 79.0 Å². The number of hydrogen-bond donors (Lipinski definition) is 5. The van der Waals surface area contributed by atoms with Crippen LogP contribution in [0.2, 0.25) is 0 Å². The quantitative estimate of drug-likeness (QED) is 0.138. The maximum atomic E-state index is 13.8. The minimum Gasteiger partial charge on any atom is -0.465 e. The van der Waals surface area contributed by atoms with Crippen LogP contribution in [0.5, 0.6) is 0 Å². The van der Waals surface area contributed by atoms with Crippen LogP contribution in [0.25, 0.3) is 11.3 Å². The molecule has 12 heteroatoms. The Morgan fingerprint density at radius 2 is 1.49 bits per heavy atom. The molecular formula is C39H53N5O7. The van der Waals surface area contributed by atoms with Gasteiger partial charge in [0.15, 0.2) is 0 Å². The summed E-state index contributed by atoms with van der Waals surface area (Å²) < 4.78 is 4.78. The summed E-state index contributed by atoms with van der Waals surface area (Å²) in [5.41, 5.74) is 2.78. The molecule has 0 aliphatic rings. The van der Waals surface area contributed by atoms with Gasteiger partial charge >= 0.3 is 12.2 Å². The number of nitrogens with zero attached hydrogens (tertiary/aromatic N) is 2. The van der Waals surface area contributed by atoms with Crippen molar-refractivity contribution >= 4 is 24.0 Å². The number of ether oxygens (including phenoxy) is 1. The molecule has 3 rings (SSSR count). The monoisotopic (exact) mass is 703 g/mol. The van der Waals surface area contributed by atoms with Gasteiger partial charge in [0.1, 0.15) is 12.1 Å². The van der Waals surface area contributed by atoms with Gasteiger partial charge in [0.2, 0.25) is 11.8 Å². The van der Waals surface area contributed by atoms with Crippen LogP contribution >= 0.6 is 0 Å². The van der Waals surface area contributed by atoms with Gasteiger partial charge in [0.05, 0.1) is 24.9 Å². The van der Waals surface area contributed by atoms with E-state index < -0.39 is 59.7 Å². The summed E-state index contributed by atoms with van der Waals surface area (Å²) >= 11 is 0. The van der Waals surface area contributed by atoms with Gasteiger partial charge in [-0.1, -0.05) is 102 Å². The summed E-state index contributed by atoms with van der Waals surface area (Å²) in [6.07, 6.45) is -0.260. The van der Waals surface area contributed by atoms with Crippen LogP contribution in [0.3, 0.4) is 0 Å². The van der Waals surface area contributed by atoms with Crippen molar-refractivity contribution in [2.45, 2.75) is 90.6 Å². The molecule has 276 valence electrons. The van der Waals surface area contributed by atoms with Crippen molar-refractivity contribution in [1.82, 2.24) is 25.8 Å². The van der Waals surface area contributed by atoms with E-state index >= 15 is 0 Å². The first-order valence-corrected chi connectivity index (χ1v) is 17.3. The van der Waals surface area contributed by atoms with E-state index in [9.17, 15) is 29.4 Å². The minimum absolute atomic E-state index is 0.0311. The Labute approximate surface area is 301 Å². The summed E-state index contributed by atoms with van der Waals surface area (Å²) in [6, 6.07) is 19.4. The molecule has 0 bridgehead atoms. The number of carbonyl (C=O) groups is 4. The standard InChI is InChI=1S/C39H53N5O7/c1-8-25(2)33(44(6)38(49)50)35(46)42-31(23-26-14-10-9-11-15-26)32(45)24-29(41-36(47)34(39(3,4)5)43-37(48)51-7)22-27-17-19-28(20-18-27)30-16-12-13-21-40-30/h9-21,25,29,31-34,45H,8,22-24H2,1-7H3,(H,41,47)(H,42,46)(H,43,48)(H,49,50)/t25-,29-,31-,32-,33-,34+/m0/s1. The second kappa shape index (κ2) is 18.9. The van der Waals surface area contributed by atoms with E-state index in [1.807, 2.05) is 107 Å². The zero-order valence-electron chi connectivity index (χ0n) is 30.6. The predicted molar refractivity (Wildman–Crippen MR) is 196 cm³/mol. The third kappa shape index (κ3) is 12.1. The third-order valence-electron chi connectivity index (χ3n) is 9.11. The highest BCUT2D eigenvalue weighted by molar-refractivity contribution is 5.87. The van der Waals surface area contributed by atoms with Crippen molar-refractivity contribution < 1.29 is 34.1 Å². The number of aliphatic hydroxyl groups is 1. The van der Waals surface area contributed by atoms with Crippen molar-refractivity contribution in [3.8, 4) is 11.3 Å². The fraction of sp³-hybridized carbons (Fsp3) is 0.462. The zero-order valence-corrected chi connectivity index (χ0v) is 30.6. The van der Waals surface area contributed by atoms with Gasteiger partial charge < -0.3 is 30.9 Å². The summed E-state index contributed by atoms with van der Waals surface area (Å²) in [5.74, 6) is -1.27. The van der Waals surface area contributed by atoms with Crippen LogP contribution in [0, 0.1) is 11.3 Å². The summed E-state index contributed by atoms with van der Waals surface area (Å²) in [5, 5.41) is 30.3. The van der Waals surface area contributed by atoms with Crippen molar-refractivity contribution in [3.05, 3.63) is 90.1 Å². The number of aromatic nitrogens is 1. The molecule has 3 aromatic rings. The third-order valence-corrected chi connectivity index (χ3v) is 9.11. The molecule has 4 amide bonds. The number of carbonyl (C=O) groups excluding carboxylic acids is 3. The number of amides is 4. The number of aliphatic hydroxyl groups excluding tert-OH is 1. The molecule has 0 saturated carbocycles. The van der Waals surface area contributed by atoms with Crippen molar-refractivity contribution in [1.29, 1.82) is 0 Å². The molecular weight excluding hydrogens is 650 g/mol. The van der Waals surface area contributed by atoms with Gasteiger partial charge in [0, 0.05) is 24.8 Å². The maximum absolute atomic E-state index is 13.8. The first-order valence-electron chi connectivity index (χ1n) is 17.3. The van der Waals surface area contributed by atoms with Crippen LogP contribution in [0.4, 0.5) is 9.59 Å². The molecule has 0 unspecified atom stereocenters. The molecule has 0 aliphatic carbocycles. The molecule has 1 heterocycles. The Bertz CT molecular complexity index is 1560. The van der Waals surface area contributed by atoms with Gasteiger partial charge in [-0.15, -0.1) is 0 Å². The topological polar surface area (TPSA) is 170 Å². The predicted octanol–water partition coefficient (Wildman–Crippen LogP) is 5.05. The molecule has 0 saturated heterocycles. The van der Waals surface area contributed by atoms with Crippen molar-refractivity contribution in [2.24, 2.45) is 11.3 Å². The Morgan fingerprint density at radius 3 is 2.04 bits per heavy atom. The Kier molecular flexibility index (Phi) is 15.0. The summed E-state index contributed by atoms with van der Waals surface area (Å²) in [7, 11) is 2.59. The Balaban J connectivity index is 1.96. The number of alkyl carbamates (subject to hydrolysis) is 1. The summed E-state index contributed by atoms with van der Waals surface area (Å²) in [6.45, 7) is 9.15. The van der Waals surface area contributed by atoms with Crippen LogP contribution < -0.4 is 16.0 Å². The zero-order chi connectivity index (χ0) is 37.7. The van der Waals surface area contributed by atoms with Crippen molar-refractivity contribution in [2.75, 3.05) is 14.2 Å². The lowest BCUT2D eigenvalue weighted by molar-refractivity contribution is -0.129. The highest BCUT2D eigenvalue weighted by atomic mass is 16.5. The van der Waals surface area contributed by atoms with E-state index in [-0.39, 0.29) is 18.8 Å². The highest BCUT2D eigenvalue weighted by Crippen LogP contribution is 2.23. The largest absolute Gasteiger partial charge is 0.465 e. The SMILES string of the molecule is CC[C@H](C)[C@@H](C(=O)N[C@@H](Cc1ccccc1)[C@@H](O)C[C@H](Cc1ccc(-c2ccccn2)cc1)NC(=O)[C@@H](NC(=O)OC)C(C)(C)C)N(C)C(=O)O. The lowest BCUT2D eigenvalue weighted by atomic mass is 9.85. The lowest BCUT2D eigenvalue weighted by Gasteiger charge is -2.34. The number of carboxylic acid groups (broad SMARTS) is 1. The molecule has 1 aromatic heterocycles. The van der Waals surface area contributed by atoms with E-state index in [0.29, 0.717) is 12.8 Å². The average Bonchev–Trinajstić information content (AvgIpc) is 3.10. The second-order valence-corrected chi connectivity index (χ2v) is 14.1. The average molecular weight is 704 g/mol. The number of rotatable bonds is 16. The van der Waals surface area contributed by atoms with E-state index in [4.69, 9.17) is 4.74 Å². The van der Waals surface area contributed by atoms with Gasteiger partial charge in [-0.25, -0.2) is 9.59 Å². The van der Waals surface area contributed by atoms with E-state index in [1.165, 1.54) is 14.2 Å². The van der Waals surface area contributed by atoms with Crippen LogP contribution in [-0.2, 0) is 27.2 Å². The van der Waals surface area contributed by atoms with Crippen molar-refractivity contribution in [3.63, 3.8) is 0 Å². The lowest BCUT2D eigenvalue weighted by Crippen LogP contribution is -2.58. The number of pyridine rings is 1. The van der Waals surface area contributed by atoms with Gasteiger partial charge in [-0.2, -0.15) is 0 Å². The fourth-order valence-electron chi connectivity index (χ4n) is 5.99. The van der Waals surface area contributed by atoms with Gasteiger partial charge in [0.25, 0.3) is 0 Å². The number of hydrogen-bond acceptors (Lipinski definition) is 7. The molecule has 0 aliphatic heterocycles. The number of benzene rings is 2. The molecule has 0 spiro atoms. The van der Waals surface area contributed by atoms with E-state index in [2.05, 4.69) is 20.9 Å². The normalized spacial score (nSPS) is 14.9. The van der Waals surface area contributed by atoms with E-state index in [1.54, 1.807) is 6.20 Å². The molecule has 2 aromatic carbocycles. The maximum Gasteiger partial charge on any atom is 0.407 e. The number of methoxy groups -OCH3 is 1. The fourth-order valence-corrected chi connectivity index (χ4v) is 5.99. The molecule has 51 heavy (non-hydrogen) atoms. The Hall–Kier alpha value is -4.97. The van der Waals surface area contributed by atoms with Crippen LogP contribution in [-0.4, -0.2) is 88.5 Å². The van der Waals surface area contributed by atoms with Gasteiger partial charge in [-0.05, 0) is 53.9 Å². The van der Waals surface area contributed by atoms with Crippen LogP contribution in [0.1, 0.15) is 58.6 Å². The van der Waals surface area contributed by atoms with Gasteiger partial charge in [-0.3, -0.25) is 19.5 Å². The van der Waals surface area contributed by atoms with E-state index in [0.717, 1.165) is 27.3 Å². The molecule has 6 atom stereocenters. The number of nitrogens with one attached hydrogen (secondary N) is 3. The highest BCUT2D eigenvalue weighted by Gasteiger charge is 2.37. The second-order valence-electron chi connectivity index (χ2n) is 14.1. The smallest absolute Gasteiger partial charge is 0.407 e. The molecule has 0 fully saturated rings. The molecule has 0 radical (unpaired) electrons. The first-order chi connectivity index (χ1) is 24.1. The minimum atomic E-state index is -1.23. The summed E-state index contributed by atoms with van der Waals surface area (Å²) in [4.78, 5) is 57.2. The first kappa shape index (κ1) is 40.5.